The van der Waals surface area contributed by atoms with Crippen molar-refractivity contribution in [1.29, 1.82) is 0 Å². The summed E-state index contributed by atoms with van der Waals surface area (Å²) in [6.07, 6.45) is 3.59. The maximum Gasteiger partial charge on any atom is 0.121 e. The molecule has 0 atom stereocenters. The highest BCUT2D eigenvalue weighted by Crippen LogP contribution is 2.23. The van der Waals surface area contributed by atoms with Crippen LogP contribution in [-0.2, 0) is 6.61 Å². The molecule has 0 saturated heterocycles. The van der Waals surface area contributed by atoms with E-state index >= 15 is 0 Å². The fourth-order valence-corrected chi connectivity index (χ4v) is 2.09. The third-order valence-corrected chi connectivity index (χ3v) is 3.10. The third-order valence-electron chi connectivity index (χ3n) is 3.10. The lowest BCUT2D eigenvalue weighted by Crippen LogP contribution is -1.88. The van der Waals surface area contributed by atoms with Crippen LogP contribution >= 0.6 is 0 Å². The summed E-state index contributed by atoms with van der Waals surface area (Å²) in [4.78, 5) is 4.40. The van der Waals surface area contributed by atoms with Gasteiger partial charge in [0.25, 0.3) is 0 Å². The van der Waals surface area contributed by atoms with Crippen LogP contribution in [0.5, 0.6) is 5.75 Å². The van der Waals surface area contributed by atoms with Crippen LogP contribution in [0.2, 0.25) is 0 Å². The SMILES string of the molecule is COc1cc(CO)cc(/N=C/c2cc3ccccn3n2)c1. The molecule has 2 aromatic heterocycles. The molecule has 3 rings (SSSR count). The zero-order valence-electron chi connectivity index (χ0n) is 11.6. The normalized spacial score (nSPS) is 11.3. The Morgan fingerprint density at radius 2 is 2.19 bits per heavy atom. The molecule has 0 amide bonds. The lowest BCUT2D eigenvalue weighted by atomic mass is 10.2. The molecule has 0 unspecified atom stereocenters. The third kappa shape index (κ3) is 2.93. The summed E-state index contributed by atoms with van der Waals surface area (Å²) in [7, 11) is 1.59. The number of hydrogen-bond acceptors (Lipinski definition) is 4. The Kier molecular flexibility index (Phi) is 3.66. The number of methoxy groups -OCH3 is 1. The topological polar surface area (TPSA) is 59.1 Å². The second kappa shape index (κ2) is 5.76. The van der Waals surface area contributed by atoms with Gasteiger partial charge in [-0.05, 0) is 35.9 Å². The van der Waals surface area contributed by atoms with Gasteiger partial charge >= 0.3 is 0 Å². The van der Waals surface area contributed by atoms with E-state index in [1.165, 1.54) is 0 Å². The summed E-state index contributed by atoms with van der Waals surface area (Å²) in [6.45, 7) is -0.0475. The van der Waals surface area contributed by atoms with E-state index < -0.39 is 0 Å². The van der Waals surface area contributed by atoms with Crippen LogP contribution in [0.25, 0.3) is 5.52 Å². The molecule has 0 radical (unpaired) electrons. The van der Waals surface area contributed by atoms with Gasteiger partial charge in [0.15, 0.2) is 0 Å². The number of hydrogen-bond donors (Lipinski definition) is 1. The molecule has 5 heteroatoms. The molecule has 0 aliphatic heterocycles. The first-order chi connectivity index (χ1) is 10.3. The van der Waals surface area contributed by atoms with Crippen LogP contribution < -0.4 is 4.74 Å². The Morgan fingerprint density at radius 3 is 2.95 bits per heavy atom. The Labute approximate surface area is 122 Å². The molecule has 0 bridgehead atoms. The van der Waals surface area contributed by atoms with Crippen molar-refractivity contribution in [3.8, 4) is 5.75 Å². The number of aliphatic imine (C=N–C) groups is 1. The van der Waals surface area contributed by atoms with Crippen molar-refractivity contribution in [2.45, 2.75) is 6.61 Å². The van der Waals surface area contributed by atoms with Gasteiger partial charge in [-0.15, -0.1) is 0 Å². The van der Waals surface area contributed by atoms with Gasteiger partial charge in [0.2, 0.25) is 0 Å². The molecule has 0 saturated carbocycles. The Hall–Kier alpha value is -2.66. The lowest BCUT2D eigenvalue weighted by Gasteiger charge is -2.04. The molecule has 0 fully saturated rings. The minimum absolute atomic E-state index is 0.0475. The fraction of sp³-hybridized carbons (Fsp3) is 0.125. The van der Waals surface area contributed by atoms with Gasteiger partial charge in [0.05, 0.1) is 31.1 Å². The molecule has 2 heterocycles. The second-order valence-corrected chi connectivity index (χ2v) is 4.59. The predicted octanol–water partition coefficient (Wildman–Crippen LogP) is 2.59. The summed E-state index contributed by atoms with van der Waals surface area (Å²) in [5.41, 5.74) is 3.27. The molecule has 0 spiro atoms. The number of nitrogens with zero attached hydrogens (tertiary/aromatic N) is 3. The monoisotopic (exact) mass is 281 g/mol. The smallest absolute Gasteiger partial charge is 0.121 e. The van der Waals surface area contributed by atoms with Crippen molar-refractivity contribution in [3.63, 3.8) is 0 Å². The van der Waals surface area contributed by atoms with Crippen molar-refractivity contribution in [3.05, 3.63) is 59.9 Å². The van der Waals surface area contributed by atoms with Gasteiger partial charge in [0.1, 0.15) is 11.4 Å². The van der Waals surface area contributed by atoms with Crippen molar-refractivity contribution in [2.24, 2.45) is 4.99 Å². The molecule has 5 nitrogen and oxygen atoms in total. The number of aliphatic hydroxyl groups is 1. The lowest BCUT2D eigenvalue weighted by molar-refractivity contribution is 0.281. The van der Waals surface area contributed by atoms with E-state index in [-0.39, 0.29) is 6.61 Å². The van der Waals surface area contributed by atoms with Crippen LogP contribution in [0.1, 0.15) is 11.3 Å². The molecule has 1 aromatic carbocycles. The number of rotatable bonds is 4. The highest BCUT2D eigenvalue weighted by molar-refractivity contribution is 5.81. The number of fused-ring (bicyclic) bond motifs is 1. The number of ether oxygens (including phenoxy) is 1. The van der Waals surface area contributed by atoms with Crippen LogP contribution in [0.3, 0.4) is 0 Å². The Balaban J connectivity index is 1.91. The number of benzene rings is 1. The van der Waals surface area contributed by atoms with Crippen LogP contribution in [0.4, 0.5) is 5.69 Å². The molecule has 0 aliphatic rings. The van der Waals surface area contributed by atoms with Crippen molar-refractivity contribution in [1.82, 2.24) is 9.61 Å². The summed E-state index contributed by atoms with van der Waals surface area (Å²) in [6, 6.07) is 13.2. The van der Waals surface area contributed by atoms with Crippen molar-refractivity contribution >= 4 is 17.4 Å². The molecule has 1 N–H and O–H groups in total. The minimum atomic E-state index is -0.0475. The van der Waals surface area contributed by atoms with Gasteiger partial charge in [-0.2, -0.15) is 5.10 Å². The molecular weight excluding hydrogens is 266 g/mol. The van der Waals surface area contributed by atoms with Crippen molar-refractivity contribution < 1.29 is 9.84 Å². The van der Waals surface area contributed by atoms with Gasteiger partial charge in [-0.1, -0.05) is 6.07 Å². The van der Waals surface area contributed by atoms with E-state index in [1.54, 1.807) is 23.9 Å². The Morgan fingerprint density at radius 1 is 1.29 bits per heavy atom. The number of pyridine rings is 1. The second-order valence-electron chi connectivity index (χ2n) is 4.59. The quantitative estimate of drug-likeness (QED) is 0.748. The van der Waals surface area contributed by atoms with E-state index in [9.17, 15) is 5.11 Å². The van der Waals surface area contributed by atoms with Crippen molar-refractivity contribution in [2.75, 3.05) is 7.11 Å². The van der Waals surface area contributed by atoms with Gasteiger partial charge in [-0.3, -0.25) is 4.99 Å². The van der Waals surface area contributed by atoms with Crippen LogP contribution in [0.15, 0.2) is 53.7 Å². The average molecular weight is 281 g/mol. The van der Waals surface area contributed by atoms with E-state index in [0.29, 0.717) is 5.75 Å². The van der Waals surface area contributed by atoms with E-state index in [1.807, 2.05) is 42.6 Å². The first-order valence-electron chi connectivity index (χ1n) is 6.56. The largest absolute Gasteiger partial charge is 0.497 e. The minimum Gasteiger partial charge on any atom is -0.497 e. The summed E-state index contributed by atoms with van der Waals surface area (Å²) in [5.74, 6) is 0.670. The highest BCUT2D eigenvalue weighted by Gasteiger charge is 2.01. The zero-order chi connectivity index (χ0) is 14.7. The fourth-order valence-electron chi connectivity index (χ4n) is 2.09. The molecule has 106 valence electrons. The maximum atomic E-state index is 9.24. The summed E-state index contributed by atoms with van der Waals surface area (Å²) < 4.78 is 6.99. The highest BCUT2D eigenvalue weighted by atomic mass is 16.5. The summed E-state index contributed by atoms with van der Waals surface area (Å²) in [5, 5.41) is 13.6. The average Bonchev–Trinajstić information content (AvgIpc) is 2.95. The zero-order valence-corrected chi connectivity index (χ0v) is 11.6. The van der Waals surface area contributed by atoms with E-state index in [0.717, 1.165) is 22.5 Å². The first kappa shape index (κ1) is 13.3. The van der Waals surface area contributed by atoms with E-state index in [2.05, 4.69) is 10.1 Å². The van der Waals surface area contributed by atoms with E-state index in [4.69, 9.17) is 4.74 Å². The number of aromatic nitrogens is 2. The van der Waals surface area contributed by atoms with Crippen LogP contribution in [0, 0.1) is 0 Å². The molecule has 0 aliphatic carbocycles. The van der Waals surface area contributed by atoms with Gasteiger partial charge in [-0.25, -0.2) is 4.52 Å². The summed E-state index contributed by atoms with van der Waals surface area (Å²) >= 11 is 0. The molecule has 21 heavy (non-hydrogen) atoms. The van der Waals surface area contributed by atoms with Gasteiger partial charge in [0, 0.05) is 12.3 Å². The predicted molar refractivity (Wildman–Crippen MR) is 81.4 cm³/mol. The first-order valence-corrected chi connectivity index (χ1v) is 6.56. The molecular formula is C16H15N3O2. The Bertz CT molecular complexity index is 738. The van der Waals surface area contributed by atoms with Crippen LogP contribution in [-0.4, -0.2) is 28.0 Å². The van der Waals surface area contributed by atoms with Gasteiger partial charge < -0.3 is 9.84 Å². The molecule has 3 aromatic rings. The standard InChI is InChI=1S/C16H15N3O2/c1-21-16-7-12(11-20)6-13(9-16)17-10-14-8-15-4-2-3-5-19(15)18-14/h2-10,20H,11H2,1H3/b17-10+. The maximum absolute atomic E-state index is 9.24. The number of aliphatic hydroxyl groups excluding tert-OH is 1.